The average molecular weight is 362 g/mol. The van der Waals surface area contributed by atoms with Gasteiger partial charge >= 0.3 is 0 Å². The maximum absolute atomic E-state index is 13.3. The fourth-order valence-corrected chi connectivity index (χ4v) is 3.44. The molecular formula is C22H22N2O3. The van der Waals surface area contributed by atoms with Gasteiger partial charge < -0.3 is 14.4 Å². The predicted molar refractivity (Wildman–Crippen MR) is 105 cm³/mol. The lowest BCUT2D eigenvalue weighted by atomic mass is 10.0. The van der Waals surface area contributed by atoms with Crippen LogP contribution >= 0.6 is 0 Å². The molecule has 5 nitrogen and oxygen atoms in total. The van der Waals surface area contributed by atoms with Crippen LogP contribution in [0.15, 0.2) is 54.6 Å². The zero-order valence-corrected chi connectivity index (χ0v) is 15.5. The van der Waals surface area contributed by atoms with Gasteiger partial charge in [-0.2, -0.15) is 0 Å². The number of hydrogen-bond acceptors (Lipinski definition) is 4. The number of methoxy groups -OCH3 is 1. The molecular weight excluding hydrogens is 340 g/mol. The fourth-order valence-electron chi connectivity index (χ4n) is 3.44. The Morgan fingerprint density at radius 2 is 1.96 bits per heavy atom. The Balaban J connectivity index is 1.79. The third-order valence-corrected chi connectivity index (χ3v) is 4.86. The van der Waals surface area contributed by atoms with Crippen LogP contribution in [0.25, 0.3) is 22.2 Å². The lowest BCUT2D eigenvalue weighted by Crippen LogP contribution is -2.44. The Bertz CT molecular complexity index is 969. The molecule has 1 aromatic heterocycles. The molecule has 1 atom stereocenters. The molecule has 2 aromatic carbocycles. The predicted octanol–water partition coefficient (Wildman–Crippen LogP) is 3.77. The van der Waals surface area contributed by atoms with Gasteiger partial charge in [-0.1, -0.05) is 18.2 Å². The number of fused-ring (bicyclic) bond motifs is 1. The molecule has 0 unspecified atom stereocenters. The molecule has 138 valence electrons. The summed E-state index contributed by atoms with van der Waals surface area (Å²) in [6.07, 6.45) is 0.0526. The van der Waals surface area contributed by atoms with E-state index in [0.29, 0.717) is 25.3 Å². The zero-order chi connectivity index (χ0) is 18.8. The van der Waals surface area contributed by atoms with Crippen LogP contribution in [0.1, 0.15) is 17.3 Å². The quantitative estimate of drug-likeness (QED) is 0.712. The second-order valence-electron chi connectivity index (χ2n) is 6.73. The second-order valence-corrected chi connectivity index (χ2v) is 6.73. The highest BCUT2D eigenvalue weighted by Crippen LogP contribution is 2.27. The van der Waals surface area contributed by atoms with Gasteiger partial charge in [0.25, 0.3) is 5.91 Å². The highest BCUT2D eigenvalue weighted by molar-refractivity contribution is 6.07. The van der Waals surface area contributed by atoms with E-state index in [9.17, 15) is 4.79 Å². The summed E-state index contributed by atoms with van der Waals surface area (Å²) >= 11 is 0. The number of nitrogens with zero attached hydrogens (tertiary/aromatic N) is 2. The summed E-state index contributed by atoms with van der Waals surface area (Å²) in [7, 11) is 1.64. The monoisotopic (exact) mass is 362 g/mol. The molecule has 1 fully saturated rings. The van der Waals surface area contributed by atoms with E-state index < -0.39 is 0 Å². The van der Waals surface area contributed by atoms with Crippen molar-refractivity contribution in [2.45, 2.75) is 13.0 Å². The third-order valence-electron chi connectivity index (χ3n) is 4.86. The van der Waals surface area contributed by atoms with Crippen LogP contribution in [0.2, 0.25) is 0 Å². The molecule has 1 amide bonds. The lowest BCUT2D eigenvalue weighted by molar-refractivity contribution is -0.0123. The van der Waals surface area contributed by atoms with E-state index in [1.807, 2.05) is 66.4 Å². The van der Waals surface area contributed by atoms with Gasteiger partial charge in [-0.15, -0.1) is 0 Å². The topological polar surface area (TPSA) is 51.7 Å². The molecule has 27 heavy (non-hydrogen) atoms. The summed E-state index contributed by atoms with van der Waals surface area (Å²) in [5.41, 5.74) is 3.22. The van der Waals surface area contributed by atoms with E-state index in [0.717, 1.165) is 27.9 Å². The Labute approximate surface area is 158 Å². The molecule has 0 spiro atoms. The molecule has 1 saturated heterocycles. The number of pyridine rings is 1. The Kier molecular flexibility index (Phi) is 4.77. The second kappa shape index (κ2) is 7.37. The van der Waals surface area contributed by atoms with Crippen molar-refractivity contribution in [2.24, 2.45) is 0 Å². The lowest BCUT2D eigenvalue weighted by Gasteiger charge is -2.31. The van der Waals surface area contributed by atoms with E-state index in [1.54, 1.807) is 7.11 Å². The normalized spacial score (nSPS) is 17.1. The standard InChI is InChI=1S/C22H22N2O3/c1-15-14-24(11-12-27-15)22(25)19-13-21(16-7-9-17(26-2)10-8-16)23-20-6-4-3-5-18(19)20/h3-10,13,15H,11-12,14H2,1-2H3/t15-/m1/s1. The summed E-state index contributed by atoms with van der Waals surface area (Å²) in [5, 5.41) is 0.874. The smallest absolute Gasteiger partial charge is 0.254 e. The minimum atomic E-state index is 0.0264. The van der Waals surface area contributed by atoms with Crippen molar-refractivity contribution in [3.63, 3.8) is 0 Å². The molecule has 5 heteroatoms. The van der Waals surface area contributed by atoms with E-state index in [2.05, 4.69) is 0 Å². The molecule has 1 aliphatic heterocycles. The Morgan fingerprint density at radius 1 is 1.19 bits per heavy atom. The maximum Gasteiger partial charge on any atom is 0.254 e. The zero-order valence-electron chi connectivity index (χ0n) is 15.5. The number of aromatic nitrogens is 1. The van der Waals surface area contributed by atoms with Crippen molar-refractivity contribution in [1.82, 2.24) is 9.88 Å². The number of hydrogen-bond donors (Lipinski definition) is 0. The first-order valence-corrected chi connectivity index (χ1v) is 9.11. The van der Waals surface area contributed by atoms with Crippen molar-refractivity contribution in [2.75, 3.05) is 26.8 Å². The molecule has 0 radical (unpaired) electrons. The molecule has 2 heterocycles. The molecule has 3 aromatic rings. The summed E-state index contributed by atoms with van der Waals surface area (Å²) in [6, 6.07) is 17.4. The van der Waals surface area contributed by atoms with E-state index in [4.69, 9.17) is 14.5 Å². The summed E-state index contributed by atoms with van der Waals surface area (Å²) in [4.78, 5) is 19.9. The first-order chi connectivity index (χ1) is 13.2. The van der Waals surface area contributed by atoms with Gasteiger partial charge in [-0.3, -0.25) is 4.79 Å². The average Bonchev–Trinajstić information content (AvgIpc) is 2.72. The van der Waals surface area contributed by atoms with Crippen molar-refractivity contribution in [3.05, 3.63) is 60.2 Å². The highest BCUT2D eigenvalue weighted by atomic mass is 16.5. The van der Waals surface area contributed by atoms with Gasteiger partial charge in [0.1, 0.15) is 5.75 Å². The molecule has 1 aliphatic rings. The van der Waals surface area contributed by atoms with Crippen LogP contribution in [0, 0.1) is 0 Å². The van der Waals surface area contributed by atoms with E-state index in [1.165, 1.54) is 0 Å². The van der Waals surface area contributed by atoms with Crippen molar-refractivity contribution >= 4 is 16.8 Å². The Hall–Kier alpha value is -2.92. The van der Waals surface area contributed by atoms with Gasteiger partial charge in [0, 0.05) is 24.0 Å². The minimum Gasteiger partial charge on any atom is -0.497 e. The van der Waals surface area contributed by atoms with Crippen LogP contribution in [0.5, 0.6) is 5.75 Å². The minimum absolute atomic E-state index is 0.0264. The number of amides is 1. The Morgan fingerprint density at radius 3 is 2.70 bits per heavy atom. The van der Waals surface area contributed by atoms with Gasteiger partial charge in [0.05, 0.1) is 36.6 Å². The van der Waals surface area contributed by atoms with Crippen LogP contribution in [-0.4, -0.2) is 48.7 Å². The van der Waals surface area contributed by atoms with E-state index >= 15 is 0 Å². The van der Waals surface area contributed by atoms with Gasteiger partial charge in [0.2, 0.25) is 0 Å². The number of carbonyl (C=O) groups excluding carboxylic acids is 1. The van der Waals surface area contributed by atoms with E-state index in [-0.39, 0.29) is 12.0 Å². The van der Waals surface area contributed by atoms with Gasteiger partial charge in [-0.05, 0) is 43.3 Å². The van der Waals surface area contributed by atoms with Crippen LogP contribution in [0.4, 0.5) is 0 Å². The molecule has 0 aliphatic carbocycles. The van der Waals surface area contributed by atoms with Crippen LogP contribution < -0.4 is 4.74 Å². The first kappa shape index (κ1) is 17.5. The number of rotatable bonds is 3. The summed E-state index contributed by atoms with van der Waals surface area (Å²) in [5.74, 6) is 0.816. The number of ether oxygens (including phenoxy) is 2. The summed E-state index contributed by atoms with van der Waals surface area (Å²) in [6.45, 7) is 3.78. The molecule has 0 N–H and O–H groups in total. The number of carbonyl (C=O) groups is 1. The maximum atomic E-state index is 13.3. The SMILES string of the molecule is COc1ccc(-c2cc(C(=O)N3CCO[C@H](C)C3)c3ccccc3n2)cc1. The largest absolute Gasteiger partial charge is 0.497 e. The van der Waals surface area contributed by atoms with Crippen molar-refractivity contribution < 1.29 is 14.3 Å². The van der Waals surface area contributed by atoms with Crippen molar-refractivity contribution in [3.8, 4) is 17.0 Å². The summed E-state index contributed by atoms with van der Waals surface area (Å²) < 4.78 is 10.8. The van der Waals surface area contributed by atoms with Crippen LogP contribution in [0.3, 0.4) is 0 Å². The number of para-hydroxylation sites is 1. The van der Waals surface area contributed by atoms with Crippen LogP contribution in [-0.2, 0) is 4.74 Å². The molecule has 0 bridgehead atoms. The molecule has 0 saturated carbocycles. The third kappa shape index (κ3) is 3.51. The fraction of sp³-hybridized carbons (Fsp3) is 0.273. The van der Waals surface area contributed by atoms with Gasteiger partial charge in [0.15, 0.2) is 0 Å². The highest BCUT2D eigenvalue weighted by Gasteiger charge is 2.24. The number of morpholine rings is 1. The van der Waals surface area contributed by atoms with Crippen molar-refractivity contribution in [1.29, 1.82) is 0 Å². The van der Waals surface area contributed by atoms with Gasteiger partial charge in [-0.25, -0.2) is 4.98 Å². The molecule has 4 rings (SSSR count). The first-order valence-electron chi connectivity index (χ1n) is 9.11. The number of benzene rings is 2.